The summed E-state index contributed by atoms with van der Waals surface area (Å²) in [4.78, 5) is 11.6. The van der Waals surface area contributed by atoms with Gasteiger partial charge in [-0.15, -0.1) is 0 Å². The van der Waals surface area contributed by atoms with Crippen LogP contribution in [0.1, 0.15) is 45.4 Å². The second-order valence-corrected chi connectivity index (χ2v) is 4.95. The molecule has 0 aromatic carbocycles. The van der Waals surface area contributed by atoms with E-state index in [1.807, 2.05) is 6.92 Å². The fourth-order valence-corrected chi connectivity index (χ4v) is 2.22. The molecule has 0 saturated heterocycles. The Labute approximate surface area is 104 Å². The van der Waals surface area contributed by atoms with Crippen molar-refractivity contribution in [2.75, 3.05) is 20.8 Å². The number of ether oxygens (including phenoxy) is 2. The van der Waals surface area contributed by atoms with Gasteiger partial charge in [0.2, 0.25) is 0 Å². The Morgan fingerprint density at radius 3 is 2.53 bits per heavy atom. The van der Waals surface area contributed by atoms with E-state index in [1.165, 1.54) is 26.4 Å². The van der Waals surface area contributed by atoms with Gasteiger partial charge in [-0.2, -0.15) is 0 Å². The first-order chi connectivity index (χ1) is 8.12. The number of hydrogen-bond donors (Lipinski definition) is 1. The van der Waals surface area contributed by atoms with E-state index in [0.717, 1.165) is 12.8 Å². The van der Waals surface area contributed by atoms with Gasteiger partial charge in [-0.1, -0.05) is 19.3 Å². The van der Waals surface area contributed by atoms with Crippen molar-refractivity contribution < 1.29 is 14.3 Å². The molecule has 0 aliphatic heterocycles. The zero-order valence-corrected chi connectivity index (χ0v) is 11.3. The minimum absolute atomic E-state index is 0.229. The van der Waals surface area contributed by atoms with Crippen molar-refractivity contribution in [3.8, 4) is 0 Å². The molecule has 0 amide bonds. The lowest BCUT2D eigenvalue weighted by Gasteiger charge is -2.28. The maximum Gasteiger partial charge on any atom is 0.325 e. The summed E-state index contributed by atoms with van der Waals surface area (Å²) in [6, 6.07) is 0. The van der Waals surface area contributed by atoms with Crippen molar-refractivity contribution in [2.24, 2.45) is 0 Å². The van der Waals surface area contributed by atoms with Gasteiger partial charge in [-0.25, -0.2) is 0 Å². The molecule has 4 nitrogen and oxygen atoms in total. The summed E-state index contributed by atoms with van der Waals surface area (Å²) in [6.45, 7) is 2.46. The molecule has 0 radical (unpaired) electrons. The summed E-state index contributed by atoms with van der Waals surface area (Å²) in [5.74, 6) is -0.229. The molecule has 0 aromatic rings. The van der Waals surface area contributed by atoms with Crippen molar-refractivity contribution in [3.05, 3.63) is 0 Å². The lowest BCUT2D eigenvalue weighted by Crippen LogP contribution is -2.49. The second-order valence-electron chi connectivity index (χ2n) is 4.95. The van der Waals surface area contributed by atoms with Gasteiger partial charge in [0, 0.05) is 6.61 Å². The molecule has 0 bridgehead atoms. The highest BCUT2D eigenvalue weighted by Crippen LogP contribution is 2.21. The summed E-state index contributed by atoms with van der Waals surface area (Å²) in [7, 11) is 3.19. The highest BCUT2D eigenvalue weighted by molar-refractivity contribution is 5.80. The van der Waals surface area contributed by atoms with Gasteiger partial charge in [-0.05, 0) is 33.2 Å². The third-order valence-corrected chi connectivity index (χ3v) is 3.70. The highest BCUT2D eigenvalue weighted by atomic mass is 16.5. The van der Waals surface area contributed by atoms with Crippen LogP contribution in [0.3, 0.4) is 0 Å². The summed E-state index contributed by atoms with van der Waals surface area (Å²) in [6.07, 6.45) is 7.23. The van der Waals surface area contributed by atoms with Crippen molar-refractivity contribution in [2.45, 2.75) is 57.1 Å². The van der Waals surface area contributed by atoms with Crippen LogP contribution in [-0.2, 0) is 14.3 Å². The predicted octanol–water partition coefficient (Wildman–Crippen LogP) is 1.88. The van der Waals surface area contributed by atoms with E-state index in [9.17, 15) is 4.79 Å². The van der Waals surface area contributed by atoms with Crippen LogP contribution in [0.4, 0.5) is 0 Å². The first-order valence-electron chi connectivity index (χ1n) is 6.51. The van der Waals surface area contributed by atoms with E-state index < -0.39 is 5.54 Å². The number of likely N-dealkylation sites (N-methyl/N-ethyl adjacent to an activating group) is 1. The second kappa shape index (κ2) is 6.97. The first kappa shape index (κ1) is 14.5. The van der Waals surface area contributed by atoms with E-state index in [2.05, 4.69) is 5.32 Å². The van der Waals surface area contributed by atoms with Crippen LogP contribution in [0.25, 0.3) is 0 Å². The zero-order chi connectivity index (χ0) is 12.7. The molecule has 0 heterocycles. The number of methoxy groups -OCH3 is 1. The SMILES string of the molecule is CNC(C)(CCOC1CCCCC1)C(=O)OC. The Balaban J connectivity index is 2.29. The molecule has 17 heavy (non-hydrogen) atoms. The van der Waals surface area contributed by atoms with Gasteiger partial charge in [-0.3, -0.25) is 4.79 Å². The van der Waals surface area contributed by atoms with Crippen molar-refractivity contribution in [3.63, 3.8) is 0 Å². The number of rotatable bonds is 6. The molecule has 1 atom stereocenters. The summed E-state index contributed by atoms with van der Waals surface area (Å²) >= 11 is 0. The molecule has 100 valence electrons. The average molecular weight is 243 g/mol. The quantitative estimate of drug-likeness (QED) is 0.724. The van der Waals surface area contributed by atoms with Crippen LogP contribution >= 0.6 is 0 Å². The molecule has 4 heteroatoms. The van der Waals surface area contributed by atoms with Gasteiger partial charge in [0.05, 0.1) is 13.2 Å². The maximum atomic E-state index is 11.6. The topological polar surface area (TPSA) is 47.6 Å². The Morgan fingerprint density at radius 2 is 2.00 bits per heavy atom. The van der Waals surface area contributed by atoms with E-state index in [0.29, 0.717) is 19.1 Å². The van der Waals surface area contributed by atoms with Gasteiger partial charge >= 0.3 is 5.97 Å². The van der Waals surface area contributed by atoms with Crippen LogP contribution in [0.2, 0.25) is 0 Å². The molecule has 1 aliphatic rings. The van der Waals surface area contributed by atoms with Crippen LogP contribution in [0.15, 0.2) is 0 Å². The number of carbonyl (C=O) groups is 1. The van der Waals surface area contributed by atoms with E-state index in [-0.39, 0.29) is 5.97 Å². The molecule has 1 aliphatic carbocycles. The van der Waals surface area contributed by atoms with E-state index in [1.54, 1.807) is 7.05 Å². The molecule has 1 fully saturated rings. The Bertz CT molecular complexity index is 239. The lowest BCUT2D eigenvalue weighted by molar-refractivity contribution is -0.148. The van der Waals surface area contributed by atoms with Crippen LogP contribution in [-0.4, -0.2) is 38.4 Å². The third-order valence-electron chi connectivity index (χ3n) is 3.70. The maximum absolute atomic E-state index is 11.6. The number of esters is 1. The van der Waals surface area contributed by atoms with Crippen molar-refractivity contribution in [1.82, 2.24) is 5.32 Å². The fourth-order valence-electron chi connectivity index (χ4n) is 2.22. The number of nitrogens with one attached hydrogen (secondary N) is 1. The van der Waals surface area contributed by atoms with Crippen LogP contribution in [0.5, 0.6) is 0 Å². The molecule has 0 aromatic heterocycles. The number of hydrogen-bond acceptors (Lipinski definition) is 4. The van der Waals surface area contributed by atoms with Crippen molar-refractivity contribution in [1.29, 1.82) is 0 Å². The van der Waals surface area contributed by atoms with Crippen LogP contribution in [0, 0.1) is 0 Å². The largest absolute Gasteiger partial charge is 0.468 e. The molecule has 1 unspecified atom stereocenters. The molecule has 1 N–H and O–H groups in total. The fraction of sp³-hybridized carbons (Fsp3) is 0.923. The lowest BCUT2D eigenvalue weighted by atomic mass is 9.97. The smallest absolute Gasteiger partial charge is 0.325 e. The van der Waals surface area contributed by atoms with Crippen LogP contribution < -0.4 is 5.32 Å². The summed E-state index contributed by atoms with van der Waals surface area (Å²) in [5.41, 5.74) is -0.635. The normalized spacial score (nSPS) is 20.9. The minimum atomic E-state index is -0.635. The molecular formula is C13H25NO3. The number of carbonyl (C=O) groups excluding carboxylic acids is 1. The Hall–Kier alpha value is -0.610. The predicted molar refractivity (Wildman–Crippen MR) is 66.9 cm³/mol. The molecule has 0 spiro atoms. The van der Waals surface area contributed by atoms with E-state index >= 15 is 0 Å². The Kier molecular flexibility index (Phi) is 5.92. The molecular weight excluding hydrogens is 218 g/mol. The summed E-state index contributed by atoms with van der Waals surface area (Å²) < 4.78 is 10.6. The van der Waals surface area contributed by atoms with E-state index in [4.69, 9.17) is 9.47 Å². The monoisotopic (exact) mass is 243 g/mol. The first-order valence-corrected chi connectivity index (χ1v) is 6.51. The van der Waals surface area contributed by atoms with Gasteiger partial charge in [0.15, 0.2) is 0 Å². The highest BCUT2D eigenvalue weighted by Gasteiger charge is 2.32. The standard InChI is InChI=1S/C13H25NO3/c1-13(14-2,12(15)16-3)9-10-17-11-7-5-4-6-8-11/h11,14H,4-10H2,1-3H3. The molecule has 1 rings (SSSR count). The molecule has 1 saturated carbocycles. The van der Waals surface area contributed by atoms with Gasteiger partial charge in [0.1, 0.15) is 5.54 Å². The Morgan fingerprint density at radius 1 is 1.35 bits per heavy atom. The summed E-state index contributed by atoms with van der Waals surface area (Å²) in [5, 5.41) is 3.01. The third kappa shape index (κ3) is 4.28. The van der Waals surface area contributed by atoms with Crippen molar-refractivity contribution >= 4 is 5.97 Å². The van der Waals surface area contributed by atoms with Gasteiger partial charge in [0.25, 0.3) is 0 Å². The zero-order valence-electron chi connectivity index (χ0n) is 11.3. The average Bonchev–Trinajstić information content (AvgIpc) is 2.38. The van der Waals surface area contributed by atoms with Gasteiger partial charge < -0.3 is 14.8 Å². The minimum Gasteiger partial charge on any atom is -0.468 e.